The van der Waals surface area contributed by atoms with Crippen LogP contribution in [-0.4, -0.2) is 17.7 Å². The molecule has 1 N–H and O–H groups in total. The number of hydrogen-bond donors (Lipinski definition) is 1. The van der Waals surface area contributed by atoms with Crippen molar-refractivity contribution in [1.82, 2.24) is 5.32 Å². The van der Waals surface area contributed by atoms with Crippen molar-refractivity contribution in [2.45, 2.75) is 43.5 Å². The normalized spacial score (nSPS) is 22.0. The molecule has 0 spiro atoms. The molecule has 2 rings (SSSR count). The van der Waals surface area contributed by atoms with E-state index in [-0.39, 0.29) is 5.91 Å². The number of amides is 1. The molecule has 0 saturated heterocycles. The van der Waals surface area contributed by atoms with E-state index in [1.165, 1.54) is 24.6 Å². The second kappa shape index (κ2) is 7.35. The summed E-state index contributed by atoms with van der Waals surface area (Å²) in [5.74, 6) is 1.05. The second-order valence-electron chi connectivity index (χ2n) is 5.39. The molecule has 0 unspecified atom stereocenters. The van der Waals surface area contributed by atoms with Crippen molar-refractivity contribution in [2.24, 2.45) is 5.92 Å². The molecular weight excluding hydrogens is 268 g/mol. The first-order valence-corrected chi connectivity index (χ1v) is 8.09. The van der Waals surface area contributed by atoms with Crippen molar-refractivity contribution >= 4 is 17.7 Å². The second-order valence-corrected chi connectivity index (χ2v) is 6.40. The predicted molar refractivity (Wildman–Crippen MR) is 81.7 cm³/mol. The topological polar surface area (TPSA) is 52.9 Å². The van der Waals surface area contributed by atoms with Crippen LogP contribution in [0.15, 0.2) is 29.2 Å². The molecule has 1 aromatic rings. The molecule has 0 radical (unpaired) electrons. The van der Waals surface area contributed by atoms with Crippen molar-refractivity contribution in [2.75, 3.05) is 5.75 Å². The third kappa shape index (κ3) is 4.01. The van der Waals surface area contributed by atoms with Crippen molar-refractivity contribution < 1.29 is 4.79 Å². The lowest BCUT2D eigenvalue weighted by Crippen LogP contribution is -2.38. The van der Waals surface area contributed by atoms with Gasteiger partial charge in [-0.3, -0.25) is 4.79 Å². The Balaban J connectivity index is 2.03. The van der Waals surface area contributed by atoms with Crippen LogP contribution in [0.1, 0.15) is 43.0 Å². The Morgan fingerprint density at radius 2 is 2.25 bits per heavy atom. The quantitative estimate of drug-likeness (QED) is 0.861. The van der Waals surface area contributed by atoms with Crippen LogP contribution in [-0.2, 0) is 0 Å². The van der Waals surface area contributed by atoms with Crippen LogP contribution in [0.4, 0.5) is 0 Å². The Bertz CT molecular complexity index is 509. The third-order valence-corrected chi connectivity index (χ3v) is 4.64. The number of rotatable bonds is 4. The highest BCUT2D eigenvalue weighted by Crippen LogP contribution is 2.25. The van der Waals surface area contributed by atoms with Gasteiger partial charge in [-0.2, -0.15) is 5.26 Å². The standard InChI is InChI=1S/C16H20N2OS/c1-12-5-4-6-13(11-12)18-16(19)14-7-2-3-8-15(14)20-10-9-17/h2-3,7-8,12-13H,4-6,10-11H2,1H3,(H,18,19)/t12-,13+/m1/s1. The molecule has 1 amide bonds. The number of carbonyl (C=O) groups excluding carboxylic acids is 1. The average Bonchev–Trinajstić information content (AvgIpc) is 2.45. The largest absolute Gasteiger partial charge is 0.349 e. The fourth-order valence-corrected chi connectivity index (χ4v) is 3.43. The molecule has 0 bridgehead atoms. The van der Waals surface area contributed by atoms with E-state index in [0.29, 0.717) is 23.3 Å². The van der Waals surface area contributed by atoms with E-state index in [9.17, 15) is 4.79 Å². The van der Waals surface area contributed by atoms with Crippen molar-refractivity contribution in [1.29, 1.82) is 5.26 Å². The van der Waals surface area contributed by atoms with Crippen molar-refractivity contribution in [3.63, 3.8) is 0 Å². The number of carbonyl (C=O) groups is 1. The maximum Gasteiger partial charge on any atom is 0.252 e. The average molecular weight is 288 g/mol. The van der Waals surface area contributed by atoms with Gasteiger partial charge in [-0.15, -0.1) is 11.8 Å². The van der Waals surface area contributed by atoms with Gasteiger partial charge < -0.3 is 5.32 Å². The summed E-state index contributed by atoms with van der Waals surface area (Å²) in [5, 5.41) is 11.8. The first-order chi connectivity index (χ1) is 9.70. The molecule has 0 aromatic heterocycles. The molecule has 0 aliphatic heterocycles. The molecule has 0 heterocycles. The van der Waals surface area contributed by atoms with E-state index in [1.807, 2.05) is 24.3 Å². The minimum atomic E-state index is -0.00913. The zero-order chi connectivity index (χ0) is 14.4. The molecule has 2 atom stereocenters. The zero-order valence-electron chi connectivity index (χ0n) is 11.8. The van der Waals surface area contributed by atoms with E-state index < -0.39 is 0 Å². The fraction of sp³-hybridized carbons (Fsp3) is 0.500. The van der Waals surface area contributed by atoms with Gasteiger partial charge >= 0.3 is 0 Å². The minimum absolute atomic E-state index is 0.00913. The van der Waals surface area contributed by atoms with Crippen LogP contribution in [0.5, 0.6) is 0 Å². The van der Waals surface area contributed by atoms with Gasteiger partial charge in [0.2, 0.25) is 0 Å². The van der Waals surface area contributed by atoms with Gasteiger partial charge in [0.25, 0.3) is 5.91 Å². The molecule has 1 aromatic carbocycles. The molecule has 1 aliphatic carbocycles. The lowest BCUT2D eigenvalue weighted by molar-refractivity contribution is 0.0918. The van der Waals surface area contributed by atoms with Gasteiger partial charge in [-0.1, -0.05) is 31.9 Å². The molecule has 1 aliphatic rings. The number of benzene rings is 1. The Hall–Kier alpha value is -1.47. The fourth-order valence-electron chi connectivity index (χ4n) is 2.72. The van der Waals surface area contributed by atoms with E-state index in [1.54, 1.807) is 0 Å². The summed E-state index contributed by atoms with van der Waals surface area (Å²) in [6.07, 6.45) is 4.60. The summed E-state index contributed by atoms with van der Waals surface area (Å²) >= 11 is 1.42. The van der Waals surface area contributed by atoms with Crippen LogP contribution in [0.3, 0.4) is 0 Å². The van der Waals surface area contributed by atoms with Crippen molar-refractivity contribution in [3.05, 3.63) is 29.8 Å². The number of nitrogens with zero attached hydrogens (tertiary/aromatic N) is 1. The van der Waals surface area contributed by atoms with Gasteiger partial charge in [0, 0.05) is 10.9 Å². The van der Waals surface area contributed by atoms with E-state index in [4.69, 9.17) is 5.26 Å². The molecule has 4 heteroatoms. The van der Waals surface area contributed by atoms with Gasteiger partial charge in [0.1, 0.15) is 0 Å². The number of thioether (sulfide) groups is 1. The van der Waals surface area contributed by atoms with Gasteiger partial charge in [-0.25, -0.2) is 0 Å². The van der Waals surface area contributed by atoms with Gasteiger partial charge in [0.15, 0.2) is 0 Å². The maximum absolute atomic E-state index is 12.4. The maximum atomic E-state index is 12.4. The lowest BCUT2D eigenvalue weighted by Gasteiger charge is -2.27. The molecule has 1 fully saturated rings. The Morgan fingerprint density at radius 3 is 3.00 bits per heavy atom. The minimum Gasteiger partial charge on any atom is -0.349 e. The summed E-state index contributed by atoms with van der Waals surface area (Å²) in [6.45, 7) is 2.25. The zero-order valence-corrected chi connectivity index (χ0v) is 12.6. The SMILES string of the molecule is C[C@@H]1CCC[C@H](NC(=O)c2ccccc2SCC#N)C1. The van der Waals surface area contributed by atoms with Gasteiger partial charge in [0.05, 0.1) is 17.4 Å². The third-order valence-electron chi connectivity index (χ3n) is 3.70. The molecule has 1 saturated carbocycles. The van der Waals surface area contributed by atoms with E-state index in [0.717, 1.165) is 17.7 Å². The van der Waals surface area contributed by atoms with Crippen LogP contribution in [0.2, 0.25) is 0 Å². The lowest BCUT2D eigenvalue weighted by atomic mass is 9.87. The smallest absolute Gasteiger partial charge is 0.252 e. The molecular formula is C16H20N2OS. The predicted octanol–water partition coefficient (Wildman–Crippen LogP) is 3.61. The molecule has 106 valence electrons. The van der Waals surface area contributed by atoms with Gasteiger partial charge in [-0.05, 0) is 30.9 Å². The number of hydrogen-bond acceptors (Lipinski definition) is 3. The highest BCUT2D eigenvalue weighted by Gasteiger charge is 2.21. The van der Waals surface area contributed by atoms with Crippen LogP contribution < -0.4 is 5.32 Å². The summed E-state index contributed by atoms with van der Waals surface area (Å²) in [4.78, 5) is 13.3. The highest BCUT2D eigenvalue weighted by molar-refractivity contribution is 7.99. The van der Waals surface area contributed by atoms with Crippen LogP contribution in [0.25, 0.3) is 0 Å². The van der Waals surface area contributed by atoms with E-state index >= 15 is 0 Å². The monoisotopic (exact) mass is 288 g/mol. The van der Waals surface area contributed by atoms with Crippen molar-refractivity contribution in [3.8, 4) is 6.07 Å². The summed E-state index contributed by atoms with van der Waals surface area (Å²) in [7, 11) is 0. The first kappa shape index (κ1) is 14.9. The van der Waals surface area contributed by atoms with E-state index in [2.05, 4.69) is 18.3 Å². The number of nitrogens with one attached hydrogen (secondary N) is 1. The Morgan fingerprint density at radius 1 is 1.45 bits per heavy atom. The van der Waals surface area contributed by atoms with Crippen LogP contribution >= 0.6 is 11.8 Å². The van der Waals surface area contributed by atoms with Crippen LogP contribution in [0, 0.1) is 17.2 Å². The Kier molecular flexibility index (Phi) is 5.49. The molecule has 3 nitrogen and oxygen atoms in total. The summed E-state index contributed by atoms with van der Waals surface area (Å²) in [6, 6.07) is 9.90. The highest BCUT2D eigenvalue weighted by atomic mass is 32.2. The molecule has 20 heavy (non-hydrogen) atoms. The Labute approximate surface area is 124 Å². The first-order valence-electron chi connectivity index (χ1n) is 7.10. The number of nitriles is 1. The summed E-state index contributed by atoms with van der Waals surface area (Å²) < 4.78 is 0. The summed E-state index contributed by atoms with van der Waals surface area (Å²) in [5.41, 5.74) is 0.686.